The van der Waals surface area contributed by atoms with Gasteiger partial charge in [-0.3, -0.25) is 0 Å². The molecule has 16 heavy (non-hydrogen) atoms. The van der Waals surface area contributed by atoms with Gasteiger partial charge in [-0.1, -0.05) is 18.2 Å². The average Bonchev–Trinajstić information content (AvgIpc) is 2.73. The van der Waals surface area contributed by atoms with Crippen LogP contribution in [0.2, 0.25) is 0 Å². The molecule has 0 radical (unpaired) electrons. The molecular formula is C13H16O2S. The fraction of sp³-hybridized carbons (Fsp3) is 0.385. The van der Waals surface area contributed by atoms with Crippen LogP contribution in [0.4, 0.5) is 0 Å². The van der Waals surface area contributed by atoms with E-state index in [2.05, 4.69) is 17.5 Å². The summed E-state index contributed by atoms with van der Waals surface area (Å²) in [6, 6.07) is 8.20. The third kappa shape index (κ3) is 2.43. The first-order chi connectivity index (χ1) is 7.83. The van der Waals surface area contributed by atoms with Crippen LogP contribution >= 0.6 is 11.3 Å². The van der Waals surface area contributed by atoms with Crippen molar-refractivity contribution in [1.82, 2.24) is 0 Å². The van der Waals surface area contributed by atoms with Crippen LogP contribution in [0.25, 0.3) is 10.1 Å². The SMILES string of the molecule is COCCCC(O)c1csc2ccccc12. The zero-order valence-electron chi connectivity index (χ0n) is 9.35. The first kappa shape index (κ1) is 11.6. The third-order valence-electron chi connectivity index (χ3n) is 2.70. The highest BCUT2D eigenvalue weighted by Gasteiger charge is 2.12. The van der Waals surface area contributed by atoms with Crippen molar-refractivity contribution in [3.05, 3.63) is 35.2 Å². The Morgan fingerprint density at radius 2 is 2.19 bits per heavy atom. The van der Waals surface area contributed by atoms with Crippen molar-refractivity contribution in [2.75, 3.05) is 13.7 Å². The number of hydrogen-bond donors (Lipinski definition) is 1. The van der Waals surface area contributed by atoms with E-state index in [-0.39, 0.29) is 6.10 Å². The number of aliphatic hydroxyl groups excluding tert-OH is 1. The Kier molecular flexibility index (Phi) is 3.93. The minimum absolute atomic E-state index is 0.369. The average molecular weight is 236 g/mol. The summed E-state index contributed by atoms with van der Waals surface area (Å²) in [6.45, 7) is 0.707. The van der Waals surface area contributed by atoms with E-state index in [4.69, 9.17) is 4.74 Å². The van der Waals surface area contributed by atoms with Crippen molar-refractivity contribution in [3.63, 3.8) is 0 Å². The van der Waals surface area contributed by atoms with Gasteiger partial charge in [0.1, 0.15) is 0 Å². The zero-order valence-corrected chi connectivity index (χ0v) is 10.2. The minimum atomic E-state index is -0.369. The highest BCUT2D eigenvalue weighted by atomic mass is 32.1. The second-order valence-electron chi connectivity index (χ2n) is 3.84. The molecule has 0 amide bonds. The van der Waals surface area contributed by atoms with Crippen LogP contribution in [-0.4, -0.2) is 18.8 Å². The van der Waals surface area contributed by atoms with Crippen LogP contribution in [0.3, 0.4) is 0 Å². The summed E-state index contributed by atoms with van der Waals surface area (Å²) < 4.78 is 6.23. The van der Waals surface area contributed by atoms with E-state index in [1.165, 1.54) is 10.1 Å². The summed E-state index contributed by atoms with van der Waals surface area (Å²) in [5.74, 6) is 0. The third-order valence-corrected chi connectivity index (χ3v) is 3.68. The van der Waals surface area contributed by atoms with Crippen molar-refractivity contribution in [2.24, 2.45) is 0 Å². The molecule has 0 aliphatic heterocycles. The van der Waals surface area contributed by atoms with Gasteiger partial charge in [0.25, 0.3) is 0 Å². The maximum Gasteiger partial charge on any atom is 0.0805 e. The van der Waals surface area contributed by atoms with Crippen molar-refractivity contribution >= 4 is 21.4 Å². The molecule has 2 rings (SSSR count). The van der Waals surface area contributed by atoms with Crippen LogP contribution in [0, 0.1) is 0 Å². The van der Waals surface area contributed by atoms with E-state index < -0.39 is 0 Å². The van der Waals surface area contributed by atoms with Gasteiger partial charge in [-0.15, -0.1) is 11.3 Å². The molecule has 0 saturated heterocycles. The molecule has 1 N–H and O–H groups in total. The second-order valence-corrected chi connectivity index (χ2v) is 4.75. The maximum atomic E-state index is 10.1. The summed E-state index contributed by atoms with van der Waals surface area (Å²) in [5, 5.41) is 13.3. The van der Waals surface area contributed by atoms with Crippen LogP contribution in [0.15, 0.2) is 29.6 Å². The van der Waals surface area contributed by atoms with Crippen molar-refractivity contribution in [1.29, 1.82) is 0 Å². The molecule has 1 heterocycles. The van der Waals surface area contributed by atoms with Gasteiger partial charge in [0.05, 0.1) is 6.10 Å². The molecule has 3 heteroatoms. The van der Waals surface area contributed by atoms with Gasteiger partial charge in [0.15, 0.2) is 0 Å². The van der Waals surface area contributed by atoms with E-state index in [0.717, 1.165) is 18.4 Å². The molecule has 0 saturated carbocycles. The number of hydrogen-bond acceptors (Lipinski definition) is 3. The number of benzene rings is 1. The molecule has 1 atom stereocenters. The first-order valence-corrected chi connectivity index (χ1v) is 6.34. The van der Waals surface area contributed by atoms with Gasteiger partial charge in [-0.2, -0.15) is 0 Å². The lowest BCUT2D eigenvalue weighted by Crippen LogP contribution is -1.98. The van der Waals surface area contributed by atoms with Crippen molar-refractivity contribution in [3.8, 4) is 0 Å². The number of ether oxygens (including phenoxy) is 1. The largest absolute Gasteiger partial charge is 0.388 e. The van der Waals surface area contributed by atoms with Gasteiger partial charge in [0.2, 0.25) is 0 Å². The summed E-state index contributed by atoms with van der Waals surface area (Å²) in [5.41, 5.74) is 1.05. The molecule has 2 aromatic rings. The zero-order chi connectivity index (χ0) is 11.4. The maximum absolute atomic E-state index is 10.1. The molecule has 0 spiro atoms. The van der Waals surface area contributed by atoms with Crippen molar-refractivity contribution in [2.45, 2.75) is 18.9 Å². The van der Waals surface area contributed by atoms with Gasteiger partial charge in [0, 0.05) is 18.4 Å². The first-order valence-electron chi connectivity index (χ1n) is 5.46. The molecular weight excluding hydrogens is 220 g/mol. The quantitative estimate of drug-likeness (QED) is 0.807. The molecule has 1 aromatic heterocycles. The fourth-order valence-corrected chi connectivity index (χ4v) is 2.84. The Hall–Kier alpha value is -0.900. The summed E-state index contributed by atoms with van der Waals surface area (Å²) in [7, 11) is 1.69. The van der Waals surface area contributed by atoms with E-state index in [9.17, 15) is 5.11 Å². The number of thiophene rings is 1. The van der Waals surface area contributed by atoms with Crippen LogP contribution < -0.4 is 0 Å². The van der Waals surface area contributed by atoms with E-state index in [1.54, 1.807) is 18.4 Å². The monoisotopic (exact) mass is 236 g/mol. The van der Waals surface area contributed by atoms with Crippen LogP contribution in [-0.2, 0) is 4.74 Å². The molecule has 1 aromatic carbocycles. The number of aliphatic hydroxyl groups is 1. The standard InChI is InChI=1S/C13H16O2S/c1-15-8-4-6-12(14)11-9-16-13-7-3-2-5-10(11)13/h2-3,5,7,9,12,14H,4,6,8H2,1H3. The Bertz CT molecular complexity index is 450. The number of fused-ring (bicyclic) bond motifs is 1. The molecule has 0 aliphatic carbocycles. The lowest BCUT2D eigenvalue weighted by Gasteiger charge is -2.09. The molecule has 0 aliphatic rings. The van der Waals surface area contributed by atoms with Gasteiger partial charge >= 0.3 is 0 Å². The number of rotatable bonds is 5. The van der Waals surface area contributed by atoms with Crippen molar-refractivity contribution < 1.29 is 9.84 Å². The molecule has 1 unspecified atom stereocenters. The highest BCUT2D eigenvalue weighted by Crippen LogP contribution is 2.31. The smallest absolute Gasteiger partial charge is 0.0805 e. The van der Waals surface area contributed by atoms with Crippen LogP contribution in [0.5, 0.6) is 0 Å². The lowest BCUT2D eigenvalue weighted by atomic mass is 10.0. The van der Waals surface area contributed by atoms with E-state index in [1.807, 2.05) is 12.1 Å². The summed E-state index contributed by atoms with van der Waals surface area (Å²) in [6.07, 6.45) is 1.28. The predicted octanol–water partition coefficient (Wildman–Crippen LogP) is 3.36. The van der Waals surface area contributed by atoms with E-state index >= 15 is 0 Å². The molecule has 0 fully saturated rings. The van der Waals surface area contributed by atoms with Gasteiger partial charge in [-0.25, -0.2) is 0 Å². The highest BCUT2D eigenvalue weighted by molar-refractivity contribution is 7.17. The fourth-order valence-electron chi connectivity index (χ4n) is 1.83. The normalized spacial score (nSPS) is 13.1. The summed E-state index contributed by atoms with van der Waals surface area (Å²) in [4.78, 5) is 0. The molecule has 86 valence electrons. The molecule has 0 bridgehead atoms. The lowest BCUT2D eigenvalue weighted by molar-refractivity contribution is 0.137. The Labute approximate surface area is 99.5 Å². The molecule has 2 nitrogen and oxygen atoms in total. The topological polar surface area (TPSA) is 29.5 Å². The minimum Gasteiger partial charge on any atom is -0.388 e. The Morgan fingerprint density at radius 1 is 1.38 bits per heavy atom. The Balaban J connectivity index is 2.13. The number of methoxy groups -OCH3 is 1. The Morgan fingerprint density at radius 3 is 3.00 bits per heavy atom. The predicted molar refractivity (Wildman–Crippen MR) is 67.9 cm³/mol. The van der Waals surface area contributed by atoms with E-state index in [0.29, 0.717) is 6.61 Å². The second kappa shape index (κ2) is 5.43. The van der Waals surface area contributed by atoms with Gasteiger partial charge < -0.3 is 9.84 Å². The summed E-state index contributed by atoms with van der Waals surface area (Å²) >= 11 is 1.69. The van der Waals surface area contributed by atoms with Gasteiger partial charge in [-0.05, 0) is 35.2 Å². The van der Waals surface area contributed by atoms with Crippen LogP contribution in [0.1, 0.15) is 24.5 Å².